The van der Waals surface area contributed by atoms with Crippen molar-refractivity contribution in [1.29, 1.82) is 0 Å². The third-order valence-electron chi connectivity index (χ3n) is 1.91. The Kier molecular flexibility index (Phi) is 4.62. The molecule has 0 atom stereocenters. The van der Waals surface area contributed by atoms with Gasteiger partial charge in [0.15, 0.2) is 0 Å². The number of benzene rings is 1. The quantitative estimate of drug-likeness (QED) is 0.620. The van der Waals surface area contributed by atoms with Crippen LogP contribution >= 0.6 is 15.9 Å². The molecule has 1 aromatic carbocycles. The SMILES string of the molecule is COc1ccc(Br)c(COS(=O)(=O)C(F)(F)F)c1. The molecular weight excluding hydrogens is 341 g/mol. The number of halogens is 4. The fraction of sp³-hybridized carbons (Fsp3) is 0.333. The molecule has 0 spiro atoms. The summed E-state index contributed by atoms with van der Waals surface area (Å²) < 4.78 is 66.7. The van der Waals surface area contributed by atoms with Crippen molar-refractivity contribution in [2.45, 2.75) is 12.1 Å². The van der Waals surface area contributed by atoms with E-state index in [2.05, 4.69) is 20.1 Å². The molecule has 1 aromatic rings. The standard InChI is InChI=1S/C9H8BrF3O4S/c1-16-7-2-3-8(10)6(4-7)5-17-18(14,15)9(11,12)13/h2-4H,5H2,1H3. The molecular formula is C9H8BrF3O4S. The molecule has 0 radical (unpaired) electrons. The molecule has 0 unspecified atom stereocenters. The van der Waals surface area contributed by atoms with Gasteiger partial charge in [0.2, 0.25) is 0 Å². The van der Waals surface area contributed by atoms with E-state index >= 15 is 0 Å². The van der Waals surface area contributed by atoms with Gasteiger partial charge in [0.25, 0.3) is 0 Å². The molecule has 0 bridgehead atoms. The number of hydrogen-bond donors (Lipinski definition) is 0. The van der Waals surface area contributed by atoms with Crippen LogP contribution in [0.4, 0.5) is 13.2 Å². The maximum absolute atomic E-state index is 12.0. The lowest BCUT2D eigenvalue weighted by Gasteiger charge is -2.10. The molecule has 0 fully saturated rings. The van der Waals surface area contributed by atoms with Crippen molar-refractivity contribution in [3.05, 3.63) is 28.2 Å². The van der Waals surface area contributed by atoms with Crippen LogP contribution < -0.4 is 4.74 Å². The Morgan fingerprint density at radius 1 is 1.33 bits per heavy atom. The molecule has 0 aliphatic carbocycles. The molecule has 4 nitrogen and oxygen atoms in total. The van der Waals surface area contributed by atoms with Gasteiger partial charge in [0.1, 0.15) is 5.75 Å². The highest BCUT2D eigenvalue weighted by molar-refractivity contribution is 9.10. The van der Waals surface area contributed by atoms with Gasteiger partial charge in [0, 0.05) is 4.47 Å². The Balaban J connectivity index is 2.87. The lowest BCUT2D eigenvalue weighted by molar-refractivity contribution is -0.0548. The van der Waals surface area contributed by atoms with Crippen LogP contribution in [0, 0.1) is 0 Å². The summed E-state index contributed by atoms with van der Waals surface area (Å²) in [6, 6.07) is 4.44. The first-order valence-corrected chi connectivity index (χ1v) is 6.65. The third-order valence-corrected chi connectivity index (χ3v) is 3.67. The summed E-state index contributed by atoms with van der Waals surface area (Å²) in [6.07, 6.45) is 0. The van der Waals surface area contributed by atoms with Crippen molar-refractivity contribution in [3.8, 4) is 5.75 Å². The summed E-state index contributed by atoms with van der Waals surface area (Å²) in [7, 11) is -4.22. The van der Waals surface area contributed by atoms with Crippen molar-refractivity contribution in [1.82, 2.24) is 0 Å². The van der Waals surface area contributed by atoms with Gasteiger partial charge in [-0.3, -0.25) is 4.18 Å². The first-order chi connectivity index (χ1) is 8.17. The van der Waals surface area contributed by atoms with E-state index in [-0.39, 0.29) is 5.56 Å². The Morgan fingerprint density at radius 2 is 1.94 bits per heavy atom. The molecule has 102 valence electrons. The summed E-state index contributed by atoms with van der Waals surface area (Å²) in [6.45, 7) is -0.736. The van der Waals surface area contributed by atoms with Gasteiger partial charge in [-0.15, -0.1) is 0 Å². The van der Waals surface area contributed by atoms with E-state index in [1.54, 1.807) is 6.07 Å². The topological polar surface area (TPSA) is 52.6 Å². The zero-order chi connectivity index (χ0) is 14.0. The summed E-state index contributed by atoms with van der Waals surface area (Å²) >= 11 is 3.07. The van der Waals surface area contributed by atoms with Crippen LogP contribution in [0.25, 0.3) is 0 Å². The highest BCUT2D eigenvalue weighted by Gasteiger charge is 2.47. The number of hydrogen-bond acceptors (Lipinski definition) is 4. The maximum atomic E-state index is 12.0. The number of ether oxygens (including phenoxy) is 1. The number of rotatable bonds is 4. The maximum Gasteiger partial charge on any atom is 0.523 e. The van der Waals surface area contributed by atoms with Crippen LogP contribution in [0.2, 0.25) is 0 Å². The van der Waals surface area contributed by atoms with Gasteiger partial charge in [-0.2, -0.15) is 21.6 Å². The van der Waals surface area contributed by atoms with E-state index in [0.29, 0.717) is 10.2 Å². The van der Waals surface area contributed by atoms with E-state index in [1.807, 2.05) is 0 Å². The smallest absolute Gasteiger partial charge is 0.497 e. The lowest BCUT2D eigenvalue weighted by atomic mass is 10.2. The zero-order valence-corrected chi connectivity index (χ0v) is 11.4. The molecule has 0 aliphatic heterocycles. The Bertz CT molecular complexity index is 527. The van der Waals surface area contributed by atoms with E-state index in [9.17, 15) is 21.6 Å². The summed E-state index contributed by atoms with van der Waals surface area (Å²) in [5, 5.41) is 0. The molecule has 0 N–H and O–H groups in total. The molecule has 0 heterocycles. The molecule has 0 amide bonds. The van der Waals surface area contributed by atoms with Crippen LogP contribution in [-0.4, -0.2) is 21.0 Å². The van der Waals surface area contributed by atoms with Gasteiger partial charge in [-0.25, -0.2) is 0 Å². The summed E-state index contributed by atoms with van der Waals surface area (Å²) in [5.74, 6) is 0.376. The highest BCUT2D eigenvalue weighted by atomic mass is 79.9. The van der Waals surface area contributed by atoms with Gasteiger partial charge in [-0.05, 0) is 23.8 Å². The second kappa shape index (κ2) is 5.45. The van der Waals surface area contributed by atoms with Crippen LogP contribution in [0.1, 0.15) is 5.56 Å². The first-order valence-electron chi connectivity index (χ1n) is 4.45. The Labute approximate surface area is 110 Å². The van der Waals surface area contributed by atoms with Crippen molar-refractivity contribution in [2.75, 3.05) is 7.11 Å². The highest BCUT2D eigenvalue weighted by Crippen LogP contribution is 2.28. The molecule has 0 saturated carbocycles. The summed E-state index contributed by atoms with van der Waals surface area (Å²) in [5.41, 5.74) is -5.21. The van der Waals surface area contributed by atoms with E-state index in [0.717, 1.165) is 0 Å². The lowest BCUT2D eigenvalue weighted by Crippen LogP contribution is -2.25. The fourth-order valence-electron chi connectivity index (χ4n) is 0.997. The minimum atomic E-state index is -5.59. The van der Waals surface area contributed by atoms with Crippen LogP contribution in [0.15, 0.2) is 22.7 Å². The summed E-state index contributed by atoms with van der Waals surface area (Å²) in [4.78, 5) is 0. The van der Waals surface area contributed by atoms with Crippen molar-refractivity contribution < 1.29 is 30.5 Å². The Hall–Kier alpha value is -0.800. The van der Waals surface area contributed by atoms with Gasteiger partial charge >= 0.3 is 15.6 Å². The average Bonchev–Trinajstić information content (AvgIpc) is 2.26. The number of alkyl halides is 3. The van der Waals surface area contributed by atoms with Crippen molar-refractivity contribution in [2.24, 2.45) is 0 Å². The number of methoxy groups -OCH3 is 1. The fourth-order valence-corrected chi connectivity index (χ4v) is 1.77. The van der Waals surface area contributed by atoms with Crippen LogP contribution in [0.3, 0.4) is 0 Å². The molecule has 0 saturated heterocycles. The monoisotopic (exact) mass is 348 g/mol. The van der Waals surface area contributed by atoms with Gasteiger partial charge in [0.05, 0.1) is 13.7 Å². The third kappa shape index (κ3) is 3.59. The van der Waals surface area contributed by atoms with E-state index < -0.39 is 22.2 Å². The van der Waals surface area contributed by atoms with E-state index in [1.165, 1.54) is 19.2 Å². The predicted molar refractivity (Wildman–Crippen MR) is 60.5 cm³/mol. The van der Waals surface area contributed by atoms with Crippen molar-refractivity contribution in [3.63, 3.8) is 0 Å². The molecule has 1 rings (SSSR count). The molecule has 18 heavy (non-hydrogen) atoms. The van der Waals surface area contributed by atoms with Crippen LogP contribution in [0.5, 0.6) is 5.75 Å². The largest absolute Gasteiger partial charge is 0.523 e. The second-order valence-corrected chi connectivity index (χ2v) is 5.58. The average molecular weight is 349 g/mol. The Morgan fingerprint density at radius 3 is 2.44 bits per heavy atom. The molecule has 0 aromatic heterocycles. The normalized spacial score (nSPS) is 12.5. The zero-order valence-electron chi connectivity index (χ0n) is 8.99. The predicted octanol–water partition coefficient (Wildman–Crippen LogP) is 2.82. The minimum Gasteiger partial charge on any atom is -0.497 e. The second-order valence-electron chi connectivity index (χ2n) is 3.12. The first kappa shape index (κ1) is 15.3. The minimum absolute atomic E-state index is 0.224. The van der Waals surface area contributed by atoms with Gasteiger partial charge in [-0.1, -0.05) is 15.9 Å². The molecule has 9 heteroatoms. The van der Waals surface area contributed by atoms with Crippen LogP contribution in [-0.2, 0) is 20.9 Å². The van der Waals surface area contributed by atoms with E-state index in [4.69, 9.17) is 4.74 Å². The van der Waals surface area contributed by atoms with Crippen molar-refractivity contribution >= 4 is 26.0 Å². The molecule has 0 aliphatic rings. The van der Waals surface area contributed by atoms with Gasteiger partial charge < -0.3 is 4.74 Å².